The molecular weight excluding hydrogens is 404 g/mol. The van der Waals surface area contributed by atoms with Crippen molar-refractivity contribution in [2.24, 2.45) is 5.92 Å². The molecule has 0 spiro atoms. The Morgan fingerprint density at radius 1 is 1.17 bits per heavy atom. The van der Waals surface area contributed by atoms with Gasteiger partial charge in [-0.25, -0.2) is 0 Å². The van der Waals surface area contributed by atoms with E-state index in [1.165, 1.54) is 0 Å². The third-order valence-electron chi connectivity index (χ3n) is 5.25. The number of hydrogen-bond acceptors (Lipinski definition) is 6. The number of halogens is 1. The summed E-state index contributed by atoms with van der Waals surface area (Å²) in [5, 5.41) is 7.71. The van der Waals surface area contributed by atoms with Gasteiger partial charge >= 0.3 is 0 Å². The van der Waals surface area contributed by atoms with E-state index in [-0.39, 0.29) is 11.8 Å². The van der Waals surface area contributed by atoms with Gasteiger partial charge in [-0.15, -0.1) is 0 Å². The predicted octanol–water partition coefficient (Wildman–Crippen LogP) is 4.25. The first-order valence-corrected chi connectivity index (χ1v) is 10.2. The molecule has 4 rings (SSSR count). The Balaban J connectivity index is 1.27. The number of methoxy groups -OCH3 is 1. The van der Waals surface area contributed by atoms with E-state index in [9.17, 15) is 4.79 Å². The van der Waals surface area contributed by atoms with Crippen LogP contribution in [0, 0.1) is 5.92 Å². The number of piperidine rings is 1. The van der Waals surface area contributed by atoms with Crippen molar-refractivity contribution in [2.75, 3.05) is 25.5 Å². The summed E-state index contributed by atoms with van der Waals surface area (Å²) in [6, 6.07) is 14.7. The number of nitrogens with zero attached hydrogens (tertiary/aromatic N) is 3. The summed E-state index contributed by atoms with van der Waals surface area (Å²) in [6.45, 7) is 2.19. The van der Waals surface area contributed by atoms with Crippen LogP contribution in [0.2, 0.25) is 5.02 Å². The summed E-state index contributed by atoms with van der Waals surface area (Å²) in [5.74, 6) is 1.94. The number of anilines is 1. The van der Waals surface area contributed by atoms with Crippen LogP contribution in [0.3, 0.4) is 0 Å². The first kappa shape index (κ1) is 20.4. The number of carbonyl (C=O) groups is 1. The molecule has 1 aliphatic rings. The van der Waals surface area contributed by atoms with Gasteiger partial charge in [0.2, 0.25) is 17.6 Å². The van der Waals surface area contributed by atoms with Crippen molar-refractivity contribution in [3.05, 3.63) is 59.4 Å². The van der Waals surface area contributed by atoms with Crippen LogP contribution in [0.4, 0.5) is 5.69 Å². The van der Waals surface area contributed by atoms with Gasteiger partial charge in [0.25, 0.3) is 0 Å². The van der Waals surface area contributed by atoms with Gasteiger partial charge in [0, 0.05) is 22.2 Å². The van der Waals surface area contributed by atoms with Gasteiger partial charge < -0.3 is 14.6 Å². The molecular formula is C22H23ClN4O3. The van der Waals surface area contributed by atoms with Gasteiger partial charge in [0.15, 0.2) is 0 Å². The lowest BCUT2D eigenvalue weighted by Gasteiger charge is -2.30. The van der Waals surface area contributed by atoms with Crippen molar-refractivity contribution < 1.29 is 14.1 Å². The lowest BCUT2D eigenvalue weighted by molar-refractivity contribution is -0.121. The Bertz CT molecular complexity index is 980. The number of hydrogen-bond donors (Lipinski definition) is 1. The Morgan fingerprint density at radius 2 is 1.87 bits per heavy atom. The number of ether oxygens (including phenoxy) is 1. The molecule has 30 heavy (non-hydrogen) atoms. The fourth-order valence-electron chi connectivity index (χ4n) is 3.50. The standard InChI is InChI=1S/C22H23ClN4O3/c1-29-19-8-6-18(7-9-19)24-22(28)16-10-12-27(13-11-16)14-20-25-21(26-30-20)15-2-4-17(23)5-3-15/h2-9,16H,10-14H2,1H3,(H,24,28). The minimum Gasteiger partial charge on any atom is -0.497 e. The van der Waals surface area contributed by atoms with E-state index in [1.54, 1.807) is 19.2 Å². The number of amides is 1. The zero-order chi connectivity index (χ0) is 20.9. The molecule has 0 radical (unpaired) electrons. The van der Waals surface area contributed by atoms with E-state index in [2.05, 4.69) is 20.4 Å². The molecule has 1 N–H and O–H groups in total. The summed E-state index contributed by atoms with van der Waals surface area (Å²) in [5.41, 5.74) is 1.65. The molecule has 1 amide bonds. The van der Waals surface area contributed by atoms with Gasteiger partial charge in [-0.2, -0.15) is 4.98 Å². The second kappa shape index (κ2) is 9.28. The molecule has 7 nitrogen and oxygen atoms in total. The lowest BCUT2D eigenvalue weighted by Crippen LogP contribution is -2.37. The zero-order valence-corrected chi connectivity index (χ0v) is 17.4. The predicted molar refractivity (Wildman–Crippen MR) is 114 cm³/mol. The van der Waals surface area contributed by atoms with Crippen molar-refractivity contribution in [2.45, 2.75) is 19.4 Å². The molecule has 0 aliphatic carbocycles. The molecule has 0 unspecified atom stereocenters. The van der Waals surface area contributed by atoms with Gasteiger partial charge in [0.05, 0.1) is 13.7 Å². The lowest BCUT2D eigenvalue weighted by atomic mass is 9.96. The molecule has 8 heteroatoms. The van der Waals surface area contributed by atoms with Gasteiger partial charge in [-0.3, -0.25) is 9.69 Å². The van der Waals surface area contributed by atoms with Crippen LogP contribution in [0.1, 0.15) is 18.7 Å². The van der Waals surface area contributed by atoms with Crippen LogP contribution in [-0.4, -0.2) is 41.1 Å². The van der Waals surface area contributed by atoms with Gasteiger partial charge in [0.1, 0.15) is 5.75 Å². The number of rotatable bonds is 6. The fourth-order valence-corrected chi connectivity index (χ4v) is 3.62. The smallest absolute Gasteiger partial charge is 0.241 e. The Labute approximate surface area is 180 Å². The number of nitrogens with one attached hydrogen (secondary N) is 1. The van der Waals surface area contributed by atoms with Crippen LogP contribution in [0.25, 0.3) is 11.4 Å². The van der Waals surface area contributed by atoms with E-state index >= 15 is 0 Å². The summed E-state index contributed by atoms with van der Waals surface area (Å²) in [6.07, 6.45) is 1.58. The summed E-state index contributed by atoms with van der Waals surface area (Å²) < 4.78 is 10.5. The fraction of sp³-hybridized carbons (Fsp3) is 0.318. The minimum absolute atomic E-state index is 0.00401. The monoisotopic (exact) mass is 426 g/mol. The third-order valence-corrected chi connectivity index (χ3v) is 5.50. The highest BCUT2D eigenvalue weighted by molar-refractivity contribution is 6.30. The topological polar surface area (TPSA) is 80.5 Å². The normalized spacial score (nSPS) is 15.1. The molecule has 1 aromatic heterocycles. The molecule has 1 fully saturated rings. The zero-order valence-electron chi connectivity index (χ0n) is 16.7. The number of aromatic nitrogens is 2. The molecule has 0 bridgehead atoms. The van der Waals surface area contributed by atoms with Crippen molar-refractivity contribution in [3.8, 4) is 17.1 Å². The minimum atomic E-state index is -0.00401. The van der Waals surface area contributed by atoms with Crippen LogP contribution in [-0.2, 0) is 11.3 Å². The summed E-state index contributed by atoms with van der Waals surface area (Å²) in [7, 11) is 1.62. The van der Waals surface area contributed by atoms with E-state index < -0.39 is 0 Å². The van der Waals surface area contributed by atoms with Crippen molar-refractivity contribution in [1.82, 2.24) is 15.0 Å². The Morgan fingerprint density at radius 3 is 2.53 bits per heavy atom. The van der Waals surface area contributed by atoms with Gasteiger partial charge in [-0.05, 0) is 74.5 Å². The maximum Gasteiger partial charge on any atom is 0.241 e. The maximum absolute atomic E-state index is 12.6. The molecule has 1 aliphatic heterocycles. The van der Waals surface area contributed by atoms with Crippen molar-refractivity contribution in [1.29, 1.82) is 0 Å². The number of likely N-dealkylation sites (tertiary alicyclic amines) is 1. The second-order valence-corrected chi connectivity index (χ2v) is 7.72. The van der Waals surface area contributed by atoms with E-state index in [0.29, 0.717) is 23.3 Å². The SMILES string of the molecule is COc1ccc(NC(=O)C2CCN(Cc3nc(-c4ccc(Cl)cc4)no3)CC2)cc1. The largest absolute Gasteiger partial charge is 0.497 e. The molecule has 0 saturated carbocycles. The van der Waals surface area contributed by atoms with Crippen LogP contribution >= 0.6 is 11.6 Å². The molecule has 2 heterocycles. The van der Waals surface area contributed by atoms with E-state index in [4.69, 9.17) is 20.9 Å². The quantitative estimate of drug-likeness (QED) is 0.634. The van der Waals surface area contributed by atoms with Crippen molar-refractivity contribution >= 4 is 23.2 Å². The van der Waals surface area contributed by atoms with E-state index in [0.717, 1.165) is 42.9 Å². The van der Waals surface area contributed by atoms with Gasteiger partial charge in [-0.1, -0.05) is 16.8 Å². The highest BCUT2D eigenvalue weighted by Crippen LogP contribution is 2.23. The third kappa shape index (κ3) is 4.98. The molecule has 0 atom stereocenters. The molecule has 3 aromatic rings. The molecule has 156 valence electrons. The summed E-state index contributed by atoms with van der Waals surface area (Å²) >= 11 is 5.92. The van der Waals surface area contributed by atoms with Crippen LogP contribution in [0.15, 0.2) is 53.1 Å². The van der Waals surface area contributed by atoms with Crippen LogP contribution < -0.4 is 10.1 Å². The van der Waals surface area contributed by atoms with E-state index in [1.807, 2.05) is 36.4 Å². The summed E-state index contributed by atoms with van der Waals surface area (Å²) in [4.78, 5) is 19.3. The number of carbonyl (C=O) groups excluding carboxylic acids is 1. The van der Waals surface area contributed by atoms with Crippen molar-refractivity contribution in [3.63, 3.8) is 0 Å². The molecule has 2 aromatic carbocycles. The second-order valence-electron chi connectivity index (χ2n) is 7.29. The first-order chi connectivity index (χ1) is 14.6. The highest BCUT2D eigenvalue weighted by Gasteiger charge is 2.26. The average Bonchev–Trinajstić information content (AvgIpc) is 3.23. The molecule has 1 saturated heterocycles. The highest BCUT2D eigenvalue weighted by atomic mass is 35.5. The number of benzene rings is 2. The first-order valence-electron chi connectivity index (χ1n) is 9.86. The Kier molecular flexibility index (Phi) is 6.30. The average molecular weight is 427 g/mol. The Hall–Kier alpha value is -2.90. The van der Waals surface area contributed by atoms with Crippen LogP contribution in [0.5, 0.6) is 5.75 Å². The maximum atomic E-state index is 12.6.